The van der Waals surface area contributed by atoms with Crippen LogP contribution in [0.25, 0.3) is 6.08 Å². The first-order chi connectivity index (χ1) is 11.3. The molecule has 8 nitrogen and oxygen atoms in total. The molecule has 128 valence electrons. The summed E-state index contributed by atoms with van der Waals surface area (Å²) in [4.78, 5) is 23.4. The Hall–Kier alpha value is -2.58. The minimum absolute atomic E-state index is 0.0241. The van der Waals surface area contributed by atoms with Gasteiger partial charge < -0.3 is 29.9 Å². The predicted molar refractivity (Wildman–Crippen MR) is 78.8 cm³/mol. The van der Waals surface area contributed by atoms with Crippen molar-refractivity contribution in [1.29, 1.82) is 0 Å². The van der Waals surface area contributed by atoms with Crippen molar-refractivity contribution in [2.75, 3.05) is 0 Å². The van der Waals surface area contributed by atoms with Crippen molar-refractivity contribution < 1.29 is 39.5 Å². The van der Waals surface area contributed by atoms with Gasteiger partial charge in [-0.25, -0.2) is 9.59 Å². The molecule has 0 aromatic heterocycles. The maximum atomic E-state index is 11.9. The lowest BCUT2D eigenvalue weighted by molar-refractivity contribution is -0.162. The molecule has 4 unspecified atom stereocenters. The van der Waals surface area contributed by atoms with E-state index < -0.39 is 35.9 Å². The van der Waals surface area contributed by atoms with Gasteiger partial charge in [0.05, 0.1) is 0 Å². The zero-order valence-corrected chi connectivity index (χ0v) is 12.5. The lowest BCUT2D eigenvalue weighted by atomic mass is 9.82. The van der Waals surface area contributed by atoms with E-state index in [4.69, 9.17) is 9.47 Å². The van der Waals surface area contributed by atoms with Gasteiger partial charge in [0.15, 0.2) is 17.1 Å². The van der Waals surface area contributed by atoms with Gasteiger partial charge in [-0.2, -0.15) is 0 Å². The van der Waals surface area contributed by atoms with Crippen molar-refractivity contribution in [3.8, 4) is 11.5 Å². The van der Waals surface area contributed by atoms with E-state index in [-0.39, 0.29) is 24.3 Å². The number of fused-ring (bicyclic) bond motifs is 2. The number of hydrogen-bond acceptors (Lipinski definition) is 8. The number of benzene rings is 1. The first-order valence-corrected chi connectivity index (χ1v) is 7.31. The molecule has 3 rings (SSSR count). The quantitative estimate of drug-likeness (QED) is 0.340. The highest BCUT2D eigenvalue weighted by molar-refractivity contribution is 5.87. The molecule has 24 heavy (non-hydrogen) atoms. The topological polar surface area (TPSA) is 134 Å². The van der Waals surface area contributed by atoms with Crippen LogP contribution in [0.2, 0.25) is 0 Å². The molecule has 1 aliphatic carbocycles. The van der Waals surface area contributed by atoms with Crippen molar-refractivity contribution in [1.82, 2.24) is 0 Å². The minimum atomic E-state index is -1.73. The van der Waals surface area contributed by atoms with Crippen LogP contribution in [0.15, 0.2) is 24.3 Å². The molecule has 2 bridgehead atoms. The van der Waals surface area contributed by atoms with Crippen LogP contribution in [0.1, 0.15) is 18.4 Å². The number of phenolic OH excluding ortho intramolecular Hbond substituents is 2. The fraction of sp³-hybridized carbons (Fsp3) is 0.375. The van der Waals surface area contributed by atoms with Gasteiger partial charge in [0.1, 0.15) is 18.3 Å². The molecular formula is C16H16O8. The number of esters is 2. The zero-order chi connectivity index (χ0) is 17.5. The summed E-state index contributed by atoms with van der Waals surface area (Å²) in [5.74, 6) is -2.22. The second-order valence-electron chi connectivity index (χ2n) is 5.93. The number of aliphatic hydroxyl groups excluding tert-OH is 1. The Kier molecular flexibility index (Phi) is 3.94. The molecule has 8 heteroatoms. The highest BCUT2D eigenvalue weighted by Crippen LogP contribution is 2.39. The summed E-state index contributed by atoms with van der Waals surface area (Å²) in [6.07, 6.45) is -1.000. The largest absolute Gasteiger partial charge is 0.504 e. The molecule has 0 amide bonds. The number of hydrogen-bond donors (Lipinski definition) is 4. The Morgan fingerprint density at radius 1 is 1.29 bits per heavy atom. The molecule has 2 aliphatic rings. The van der Waals surface area contributed by atoms with Gasteiger partial charge in [-0.05, 0) is 23.8 Å². The van der Waals surface area contributed by atoms with Crippen molar-refractivity contribution in [2.45, 2.75) is 36.8 Å². The molecule has 1 aromatic carbocycles. The fourth-order valence-corrected chi connectivity index (χ4v) is 2.86. The third-order valence-corrected chi connectivity index (χ3v) is 4.16. The molecule has 1 saturated carbocycles. The lowest BCUT2D eigenvalue weighted by Crippen LogP contribution is -2.50. The first-order valence-electron chi connectivity index (χ1n) is 7.31. The van der Waals surface area contributed by atoms with Gasteiger partial charge in [-0.15, -0.1) is 0 Å². The van der Waals surface area contributed by atoms with Gasteiger partial charge in [-0.3, -0.25) is 0 Å². The zero-order valence-electron chi connectivity index (χ0n) is 12.5. The third kappa shape index (κ3) is 2.93. The molecule has 1 aliphatic heterocycles. The molecule has 1 heterocycles. The van der Waals surface area contributed by atoms with E-state index in [0.717, 1.165) is 6.08 Å². The second-order valence-corrected chi connectivity index (χ2v) is 5.93. The molecular weight excluding hydrogens is 320 g/mol. The average Bonchev–Trinajstić information content (AvgIpc) is 2.78. The number of aliphatic hydroxyl groups is 2. The summed E-state index contributed by atoms with van der Waals surface area (Å²) in [5, 5.41) is 38.7. The molecule has 4 atom stereocenters. The van der Waals surface area contributed by atoms with Crippen LogP contribution in [0, 0.1) is 0 Å². The number of carbonyl (C=O) groups excluding carboxylic acids is 2. The van der Waals surface area contributed by atoms with Crippen LogP contribution in [0.4, 0.5) is 0 Å². The van der Waals surface area contributed by atoms with Crippen LogP contribution in [0.5, 0.6) is 11.5 Å². The van der Waals surface area contributed by atoms with Crippen LogP contribution in [-0.2, 0) is 19.1 Å². The van der Waals surface area contributed by atoms with Crippen molar-refractivity contribution >= 4 is 18.0 Å². The minimum Gasteiger partial charge on any atom is -0.504 e. The van der Waals surface area contributed by atoms with Crippen LogP contribution in [0.3, 0.4) is 0 Å². The van der Waals surface area contributed by atoms with Gasteiger partial charge in [0.25, 0.3) is 0 Å². The first kappa shape index (κ1) is 16.3. The number of aromatic hydroxyl groups is 2. The number of carbonyl (C=O) groups is 2. The second kappa shape index (κ2) is 5.81. The summed E-state index contributed by atoms with van der Waals surface area (Å²) in [5.41, 5.74) is -1.29. The highest BCUT2D eigenvalue weighted by Gasteiger charge is 2.58. The normalized spacial score (nSPS) is 31.9. The van der Waals surface area contributed by atoms with Crippen molar-refractivity contribution in [3.63, 3.8) is 0 Å². The SMILES string of the molecule is O=C(/C=C/c1ccc(O)c(O)c1)OC1CC2(O)CC(OC2=O)C1O. The molecule has 2 fully saturated rings. The number of ether oxygens (including phenoxy) is 2. The molecule has 1 aromatic rings. The monoisotopic (exact) mass is 336 g/mol. The highest BCUT2D eigenvalue weighted by atomic mass is 16.6. The van der Waals surface area contributed by atoms with E-state index in [1.807, 2.05) is 0 Å². The maximum Gasteiger partial charge on any atom is 0.338 e. The fourth-order valence-electron chi connectivity index (χ4n) is 2.86. The molecule has 4 N–H and O–H groups in total. The summed E-state index contributed by atoms with van der Waals surface area (Å²) in [7, 11) is 0. The van der Waals surface area contributed by atoms with Crippen LogP contribution >= 0.6 is 0 Å². The van der Waals surface area contributed by atoms with E-state index in [1.54, 1.807) is 0 Å². The van der Waals surface area contributed by atoms with E-state index >= 15 is 0 Å². The Bertz CT molecular complexity index is 712. The standard InChI is InChI=1S/C16H16O8/c17-9-3-1-8(5-10(9)18)2-4-13(19)23-11-6-16(22)7-12(14(11)20)24-15(16)21/h1-5,11-12,14,17-18,20,22H,6-7H2/b4-2+. The van der Waals surface area contributed by atoms with Gasteiger partial charge in [-0.1, -0.05) is 6.07 Å². The van der Waals surface area contributed by atoms with E-state index in [9.17, 15) is 30.0 Å². The third-order valence-electron chi connectivity index (χ3n) is 4.16. The van der Waals surface area contributed by atoms with Gasteiger partial charge >= 0.3 is 11.9 Å². The Labute approximate surface area is 136 Å². The van der Waals surface area contributed by atoms with E-state index in [1.165, 1.54) is 24.3 Å². The average molecular weight is 336 g/mol. The number of rotatable bonds is 3. The Morgan fingerprint density at radius 2 is 2.04 bits per heavy atom. The summed E-state index contributed by atoms with van der Waals surface area (Å²) in [6, 6.07) is 4.00. The molecule has 1 saturated heterocycles. The number of phenols is 2. The van der Waals surface area contributed by atoms with E-state index in [0.29, 0.717) is 5.56 Å². The van der Waals surface area contributed by atoms with Crippen LogP contribution in [-0.4, -0.2) is 56.3 Å². The summed E-state index contributed by atoms with van der Waals surface area (Å²) >= 11 is 0. The van der Waals surface area contributed by atoms with Gasteiger partial charge in [0.2, 0.25) is 0 Å². The smallest absolute Gasteiger partial charge is 0.338 e. The lowest BCUT2D eigenvalue weighted by Gasteiger charge is -2.32. The Balaban J connectivity index is 1.65. The maximum absolute atomic E-state index is 11.9. The van der Waals surface area contributed by atoms with Gasteiger partial charge in [0, 0.05) is 18.9 Å². The molecule has 0 radical (unpaired) electrons. The summed E-state index contributed by atoms with van der Waals surface area (Å²) < 4.78 is 9.96. The predicted octanol–water partition coefficient (Wildman–Crippen LogP) is -0.166. The Morgan fingerprint density at radius 3 is 2.75 bits per heavy atom. The van der Waals surface area contributed by atoms with Crippen molar-refractivity contribution in [2.24, 2.45) is 0 Å². The van der Waals surface area contributed by atoms with Crippen molar-refractivity contribution in [3.05, 3.63) is 29.8 Å². The summed E-state index contributed by atoms with van der Waals surface area (Å²) in [6.45, 7) is 0. The van der Waals surface area contributed by atoms with Crippen LogP contribution < -0.4 is 0 Å². The molecule has 0 spiro atoms. The van der Waals surface area contributed by atoms with E-state index in [2.05, 4.69) is 0 Å².